The van der Waals surface area contributed by atoms with Gasteiger partial charge >= 0.3 is 0 Å². The molecule has 6 nitrogen and oxygen atoms in total. The number of H-pyrrole nitrogens is 1. The molecule has 0 spiro atoms. The van der Waals surface area contributed by atoms with Crippen LogP contribution in [0.25, 0.3) is 10.8 Å². The molecule has 178 valence electrons. The molecular formula is C26H19F3N2O4. The summed E-state index contributed by atoms with van der Waals surface area (Å²) in [7, 11) is 1.57. The number of rotatable bonds is 4. The second-order valence-electron chi connectivity index (χ2n) is 8.19. The van der Waals surface area contributed by atoms with Gasteiger partial charge in [-0.25, -0.2) is 13.2 Å². The van der Waals surface area contributed by atoms with Gasteiger partial charge in [0, 0.05) is 23.9 Å². The summed E-state index contributed by atoms with van der Waals surface area (Å²) < 4.78 is 52.2. The lowest BCUT2D eigenvalue weighted by atomic mass is 9.95. The summed E-state index contributed by atoms with van der Waals surface area (Å²) in [4.78, 5) is 29.8. The third-order valence-electron chi connectivity index (χ3n) is 5.98. The maximum Gasteiger partial charge on any atom is 0.256 e. The number of nitrogens with zero attached hydrogens (tertiary/aromatic N) is 1. The molecule has 0 bridgehead atoms. The molecule has 0 fully saturated rings. The van der Waals surface area contributed by atoms with Crippen molar-refractivity contribution >= 4 is 16.7 Å². The monoisotopic (exact) mass is 480 g/mol. The van der Waals surface area contributed by atoms with E-state index >= 15 is 0 Å². The molecule has 1 aromatic heterocycles. The average Bonchev–Trinajstić information content (AvgIpc) is 2.86. The van der Waals surface area contributed by atoms with E-state index in [0.717, 1.165) is 12.1 Å². The number of aromatic nitrogens is 1. The van der Waals surface area contributed by atoms with Crippen molar-refractivity contribution in [3.8, 4) is 11.5 Å². The topological polar surface area (TPSA) is 71.6 Å². The largest absolute Gasteiger partial charge is 0.457 e. The van der Waals surface area contributed by atoms with E-state index in [1.807, 2.05) is 0 Å². The minimum atomic E-state index is -1.13. The third-order valence-corrected chi connectivity index (χ3v) is 5.98. The first-order valence-corrected chi connectivity index (χ1v) is 10.7. The van der Waals surface area contributed by atoms with Crippen LogP contribution < -0.4 is 10.3 Å². The highest BCUT2D eigenvalue weighted by molar-refractivity contribution is 5.95. The van der Waals surface area contributed by atoms with Crippen molar-refractivity contribution < 1.29 is 27.4 Å². The minimum Gasteiger partial charge on any atom is -0.457 e. The number of aromatic amines is 1. The second-order valence-corrected chi connectivity index (χ2v) is 8.19. The fourth-order valence-corrected chi connectivity index (χ4v) is 4.20. The Kier molecular flexibility index (Phi) is 5.78. The van der Waals surface area contributed by atoms with Crippen LogP contribution in [0.4, 0.5) is 13.2 Å². The van der Waals surface area contributed by atoms with Gasteiger partial charge in [-0.3, -0.25) is 9.59 Å². The fourth-order valence-electron chi connectivity index (χ4n) is 4.20. The first-order chi connectivity index (χ1) is 16.8. The molecule has 9 heteroatoms. The van der Waals surface area contributed by atoms with Crippen LogP contribution in [0, 0.1) is 17.5 Å². The van der Waals surface area contributed by atoms with E-state index in [-0.39, 0.29) is 35.7 Å². The van der Waals surface area contributed by atoms with Crippen LogP contribution >= 0.6 is 0 Å². The van der Waals surface area contributed by atoms with E-state index in [9.17, 15) is 22.8 Å². The van der Waals surface area contributed by atoms with Crippen molar-refractivity contribution in [3.63, 3.8) is 0 Å². The molecule has 35 heavy (non-hydrogen) atoms. The molecule has 1 amide bonds. The molecular weight excluding hydrogens is 461 g/mol. The van der Waals surface area contributed by atoms with E-state index in [2.05, 4.69) is 4.98 Å². The van der Waals surface area contributed by atoms with Crippen molar-refractivity contribution in [1.82, 2.24) is 9.88 Å². The molecule has 1 aliphatic rings. The predicted molar refractivity (Wildman–Crippen MR) is 122 cm³/mol. The Bertz CT molecular complexity index is 1480. The lowest BCUT2D eigenvalue weighted by Gasteiger charge is -2.34. The van der Waals surface area contributed by atoms with Gasteiger partial charge in [0.1, 0.15) is 17.3 Å². The number of pyridine rings is 1. The van der Waals surface area contributed by atoms with Crippen molar-refractivity contribution in [2.75, 3.05) is 13.7 Å². The molecule has 0 saturated heterocycles. The minimum absolute atomic E-state index is 0.00214. The molecule has 2 heterocycles. The molecule has 0 radical (unpaired) electrons. The molecule has 5 rings (SSSR count). The van der Waals surface area contributed by atoms with E-state index in [0.29, 0.717) is 28.3 Å². The standard InChI is InChI=1S/C26H19F3N2O4/c1-31(26(33)14-2-6-16(7-3-14)35-17-8-4-15(27)5-9-17)23-13-34-12-22-24(23)18-10-20(28)21(29)11-19(18)25(32)30-22/h2-11,23H,12-13H2,1H3,(H,30,32)/t23-/m0/s1. The molecule has 0 saturated carbocycles. The normalized spacial score (nSPS) is 15.0. The quantitative estimate of drug-likeness (QED) is 0.442. The Labute approximate surface area is 197 Å². The maximum atomic E-state index is 14.1. The summed E-state index contributed by atoms with van der Waals surface area (Å²) in [5.41, 5.74) is 0.717. The van der Waals surface area contributed by atoms with Gasteiger partial charge in [0.2, 0.25) is 0 Å². The lowest BCUT2D eigenvalue weighted by molar-refractivity contribution is 0.0335. The number of nitrogens with one attached hydrogen (secondary N) is 1. The number of halogens is 3. The molecule has 0 unspecified atom stereocenters. The van der Waals surface area contributed by atoms with Crippen molar-refractivity contribution in [1.29, 1.82) is 0 Å². The maximum absolute atomic E-state index is 14.1. The van der Waals surface area contributed by atoms with Gasteiger partial charge in [-0.15, -0.1) is 0 Å². The van der Waals surface area contributed by atoms with Gasteiger partial charge in [-0.2, -0.15) is 0 Å². The Morgan fingerprint density at radius 3 is 2.23 bits per heavy atom. The fraction of sp³-hybridized carbons (Fsp3) is 0.154. The van der Waals surface area contributed by atoms with Gasteiger partial charge in [0.15, 0.2) is 11.6 Å². The zero-order valence-electron chi connectivity index (χ0n) is 18.5. The summed E-state index contributed by atoms with van der Waals surface area (Å²) in [6.45, 7) is 0.189. The highest BCUT2D eigenvalue weighted by Crippen LogP contribution is 2.34. The third kappa shape index (κ3) is 4.26. The molecule has 0 aliphatic carbocycles. The van der Waals surface area contributed by atoms with Crippen LogP contribution in [-0.4, -0.2) is 29.4 Å². The Hall–Kier alpha value is -4.11. The van der Waals surface area contributed by atoms with Gasteiger partial charge in [-0.1, -0.05) is 0 Å². The van der Waals surface area contributed by atoms with Crippen molar-refractivity contribution in [2.45, 2.75) is 12.6 Å². The number of hydrogen-bond donors (Lipinski definition) is 1. The smallest absolute Gasteiger partial charge is 0.256 e. The molecule has 4 aromatic rings. The van der Waals surface area contributed by atoms with Gasteiger partial charge in [0.05, 0.1) is 24.6 Å². The molecule has 1 atom stereocenters. The number of likely N-dealkylation sites (N-methyl/N-ethyl adjacent to an activating group) is 1. The summed E-state index contributed by atoms with van der Waals surface area (Å²) in [5.74, 6) is -2.02. The number of carbonyl (C=O) groups excluding carboxylic acids is 1. The Balaban J connectivity index is 1.44. The molecule has 1 N–H and O–H groups in total. The summed E-state index contributed by atoms with van der Waals surface area (Å²) in [6.07, 6.45) is 0. The van der Waals surface area contributed by atoms with Crippen LogP contribution in [0.2, 0.25) is 0 Å². The van der Waals surface area contributed by atoms with Crippen LogP contribution in [0.1, 0.15) is 27.7 Å². The summed E-state index contributed by atoms with van der Waals surface area (Å²) in [6, 6.07) is 13.1. The number of fused-ring (bicyclic) bond motifs is 3. The molecule has 3 aromatic carbocycles. The zero-order chi connectivity index (χ0) is 24.7. The van der Waals surface area contributed by atoms with E-state index < -0.39 is 23.2 Å². The number of carbonyl (C=O) groups is 1. The van der Waals surface area contributed by atoms with Gasteiger partial charge in [-0.05, 0) is 66.0 Å². The van der Waals surface area contributed by atoms with Crippen LogP contribution in [0.5, 0.6) is 11.5 Å². The summed E-state index contributed by atoms with van der Waals surface area (Å²) >= 11 is 0. The first-order valence-electron chi connectivity index (χ1n) is 10.7. The van der Waals surface area contributed by atoms with E-state index in [4.69, 9.17) is 9.47 Å². The highest BCUT2D eigenvalue weighted by Gasteiger charge is 2.31. The highest BCUT2D eigenvalue weighted by atomic mass is 19.2. The van der Waals surface area contributed by atoms with Crippen molar-refractivity contribution in [3.05, 3.63) is 105 Å². The second kappa shape index (κ2) is 8.92. The molecule has 1 aliphatic heterocycles. The zero-order valence-corrected chi connectivity index (χ0v) is 18.5. The van der Waals surface area contributed by atoms with Crippen LogP contribution in [0.15, 0.2) is 65.5 Å². The summed E-state index contributed by atoms with van der Waals surface area (Å²) in [5, 5.41) is 0.233. The number of amides is 1. The lowest BCUT2D eigenvalue weighted by Crippen LogP contribution is -2.37. The van der Waals surface area contributed by atoms with Crippen LogP contribution in [-0.2, 0) is 11.3 Å². The van der Waals surface area contributed by atoms with Gasteiger partial charge < -0.3 is 19.4 Å². The average molecular weight is 480 g/mol. The van der Waals surface area contributed by atoms with Crippen molar-refractivity contribution in [2.24, 2.45) is 0 Å². The number of hydrogen-bond acceptors (Lipinski definition) is 4. The van der Waals surface area contributed by atoms with Crippen LogP contribution in [0.3, 0.4) is 0 Å². The number of ether oxygens (including phenoxy) is 2. The Morgan fingerprint density at radius 2 is 1.57 bits per heavy atom. The first kappa shape index (κ1) is 22.7. The van der Waals surface area contributed by atoms with Gasteiger partial charge in [0.25, 0.3) is 11.5 Å². The Morgan fingerprint density at radius 1 is 0.971 bits per heavy atom. The predicted octanol–water partition coefficient (Wildman–Crippen LogP) is 5.08. The van der Waals surface area contributed by atoms with E-state index in [1.54, 1.807) is 31.3 Å². The number of benzene rings is 3. The SMILES string of the molecule is CN(C(=O)c1ccc(Oc2ccc(F)cc2)cc1)[C@H]1COCc2[nH]c(=O)c3cc(F)c(F)cc3c21. The van der Waals surface area contributed by atoms with E-state index in [1.165, 1.54) is 29.2 Å².